The SMILES string of the molecule is Cc1cc(C)c(C)c(OCC(C)(C)C(N)=O)c1. The summed E-state index contributed by atoms with van der Waals surface area (Å²) in [5.74, 6) is 0.483. The van der Waals surface area contributed by atoms with Crippen LogP contribution in [0.1, 0.15) is 30.5 Å². The number of carbonyl (C=O) groups excluding carboxylic acids is 1. The van der Waals surface area contributed by atoms with Crippen molar-refractivity contribution >= 4 is 5.91 Å². The van der Waals surface area contributed by atoms with Crippen molar-refractivity contribution in [3.63, 3.8) is 0 Å². The van der Waals surface area contributed by atoms with Gasteiger partial charge in [0.2, 0.25) is 5.91 Å². The van der Waals surface area contributed by atoms with Gasteiger partial charge >= 0.3 is 0 Å². The highest BCUT2D eigenvalue weighted by Gasteiger charge is 2.26. The van der Waals surface area contributed by atoms with E-state index < -0.39 is 5.41 Å². The highest BCUT2D eigenvalue weighted by molar-refractivity contribution is 5.80. The maximum Gasteiger partial charge on any atom is 0.226 e. The molecule has 0 spiro atoms. The molecular weight excluding hydrogens is 214 g/mol. The van der Waals surface area contributed by atoms with E-state index in [4.69, 9.17) is 10.5 Å². The second kappa shape index (κ2) is 4.78. The number of ether oxygens (including phenoxy) is 1. The Labute approximate surface area is 103 Å². The molecule has 17 heavy (non-hydrogen) atoms. The van der Waals surface area contributed by atoms with Gasteiger partial charge in [-0.1, -0.05) is 6.07 Å². The molecule has 0 saturated heterocycles. The molecule has 1 aromatic carbocycles. The molecule has 0 aliphatic carbocycles. The first-order valence-electron chi connectivity index (χ1n) is 5.74. The Morgan fingerprint density at radius 3 is 2.41 bits per heavy atom. The molecule has 0 aliphatic heterocycles. The lowest BCUT2D eigenvalue weighted by atomic mass is 9.94. The van der Waals surface area contributed by atoms with Gasteiger partial charge in [0.1, 0.15) is 12.4 Å². The summed E-state index contributed by atoms with van der Waals surface area (Å²) < 4.78 is 5.72. The lowest BCUT2D eigenvalue weighted by Crippen LogP contribution is -2.36. The van der Waals surface area contributed by atoms with Crippen LogP contribution in [0.4, 0.5) is 0 Å². The number of hydrogen-bond donors (Lipinski definition) is 1. The molecule has 94 valence electrons. The summed E-state index contributed by atoms with van der Waals surface area (Å²) in [6.07, 6.45) is 0. The average molecular weight is 235 g/mol. The molecule has 1 amide bonds. The Hall–Kier alpha value is -1.51. The zero-order chi connectivity index (χ0) is 13.2. The Bertz CT molecular complexity index is 436. The summed E-state index contributed by atoms with van der Waals surface area (Å²) in [6.45, 7) is 9.96. The van der Waals surface area contributed by atoms with Gasteiger partial charge in [-0.15, -0.1) is 0 Å². The molecule has 0 unspecified atom stereocenters. The quantitative estimate of drug-likeness (QED) is 0.871. The lowest BCUT2D eigenvalue weighted by molar-refractivity contribution is -0.127. The van der Waals surface area contributed by atoms with Crippen LogP contribution in [0.5, 0.6) is 5.75 Å². The predicted octanol–water partition coefficient (Wildman–Crippen LogP) is 2.50. The van der Waals surface area contributed by atoms with E-state index in [0.717, 1.165) is 16.9 Å². The average Bonchev–Trinajstić information content (AvgIpc) is 2.21. The third-order valence-corrected chi connectivity index (χ3v) is 3.02. The van der Waals surface area contributed by atoms with E-state index >= 15 is 0 Å². The zero-order valence-electron chi connectivity index (χ0n) is 11.3. The van der Waals surface area contributed by atoms with Crippen molar-refractivity contribution < 1.29 is 9.53 Å². The van der Waals surface area contributed by atoms with Crippen molar-refractivity contribution in [3.05, 3.63) is 28.8 Å². The Morgan fingerprint density at radius 1 is 1.29 bits per heavy atom. The summed E-state index contributed by atoms with van der Waals surface area (Å²) in [7, 11) is 0. The largest absolute Gasteiger partial charge is 0.492 e. The normalized spacial score (nSPS) is 11.4. The van der Waals surface area contributed by atoms with E-state index in [9.17, 15) is 4.79 Å². The summed E-state index contributed by atoms with van der Waals surface area (Å²) >= 11 is 0. The molecule has 0 heterocycles. The molecule has 1 rings (SSSR count). The third-order valence-electron chi connectivity index (χ3n) is 3.02. The van der Waals surface area contributed by atoms with E-state index in [0.29, 0.717) is 6.61 Å². The van der Waals surface area contributed by atoms with E-state index in [1.165, 1.54) is 5.56 Å². The van der Waals surface area contributed by atoms with Crippen molar-refractivity contribution in [1.29, 1.82) is 0 Å². The van der Waals surface area contributed by atoms with Gasteiger partial charge in [-0.05, 0) is 57.4 Å². The van der Waals surface area contributed by atoms with Gasteiger partial charge in [0, 0.05) is 0 Å². The minimum absolute atomic E-state index is 0.298. The van der Waals surface area contributed by atoms with Gasteiger partial charge in [-0.2, -0.15) is 0 Å². The van der Waals surface area contributed by atoms with Crippen LogP contribution in [0.2, 0.25) is 0 Å². The number of hydrogen-bond acceptors (Lipinski definition) is 2. The number of amides is 1. The Balaban J connectivity index is 2.87. The van der Waals surface area contributed by atoms with Crippen LogP contribution in [-0.2, 0) is 4.79 Å². The van der Waals surface area contributed by atoms with Gasteiger partial charge in [-0.25, -0.2) is 0 Å². The first kappa shape index (κ1) is 13.6. The molecule has 1 aromatic rings. The lowest BCUT2D eigenvalue weighted by Gasteiger charge is -2.22. The second-order valence-electron chi connectivity index (χ2n) is 5.24. The van der Waals surface area contributed by atoms with Crippen LogP contribution in [-0.4, -0.2) is 12.5 Å². The van der Waals surface area contributed by atoms with E-state index in [1.54, 1.807) is 13.8 Å². The molecule has 0 aromatic heterocycles. The number of primary amides is 1. The molecule has 3 heteroatoms. The van der Waals surface area contributed by atoms with Gasteiger partial charge in [0.05, 0.1) is 5.41 Å². The second-order valence-corrected chi connectivity index (χ2v) is 5.24. The van der Waals surface area contributed by atoms with Crippen LogP contribution in [0.25, 0.3) is 0 Å². The Kier molecular flexibility index (Phi) is 3.81. The predicted molar refractivity (Wildman–Crippen MR) is 69.1 cm³/mol. The van der Waals surface area contributed by atoms with Crippen LogP contribution < -0.4 is 10.5 Å². The highest BCUT2D eigenvalue weighted by Crippen LogP contribution is 2.25. The first-order valence-corrected chi connectivity index (χ1v) is 5.74. The molecular formula is C14H21NO2. The van der Waals surface area contributed by atoms with Crippen molar-refractivity contribution in [2.45, 2.75) is 34.6 Å². The fraction of sp³-hybridized carbons (Fsp3) is 0.500. The fourth-order valence-corrected chi connectivity index (χ4v) is 1.48. The van der Waals surface area contributed by atoms with Crippen LogP contribution in [0.15, 0.2) is 12.1 Å². The molecule has 2 N–H and O–H groups in total. The fourth-order valence-electron chi connectivity index (χ4n) is 1.48. The molecule has 0 fully saturated rings. The minimum atomic E-state index is -0.649. The molecule has 0 bridgehead atoms. The van der Waals surface area contributed by atoms with E-state index in [-0.39, 0.29) is 5.91 Å². The maximum atomic E-state index is 11.2. The first-order chi connectivity index (χ1) is 7.74. The maximum absolute atomic E-state index is 11.2. The number of nitrogens with two attached hydrogens (primary N) is 1. The van der Waals surface area contributed by atoms with Gasteiger partial charge in [0.15, 0.2) is 0 Å². The summed E-state index contributed by atoms with van der Waals surface area (Å²) in [5.41, 5.74) is 8.12. The third kappa shape index (κ3) is 3.22. The van der Waals surface area contributed by atoms with Crippen molar-refractivity contribution in [3.8, 4) is 5.75 Å². The summed E-state index contributed by atoms with van der Waals surface area (Å²) in [4.78, 5) is 11.2. The minimum Gasteiger partial charge on any atom is -0.492 e. The Morgan fingerprint density at radius 2 is 1.88 bits per heavy atom. The summed E-state index contributed by atoms with van der Waals surface area (Å²) in [5, 5.41) is 0. The smallest absolute Gasteiger partial charge is 0.226 e. The monoisotopic (exact) mass is 235 g/mol. The van der Waals surface area contributed by atoms with Gasteiger partial charge in [0.25, 0.3) is 0 Å². The van der Waals surface area contributed by atoms with Crippen molar-refractivity contribution in [2.75, 3.05) is 6.61 Å². The van der Waals surface area contributed by atoms with Crippen LogP contribution >= 0.6 is 0 Å². The summed E-state index contributed by atoms with van der Waals surface area (Å²) in [6, 6.07) is 4.10. The number of carbonyl (C=O) groups is 1. The van der Waals surface area contributed by atoms with Gasteiger partial charge in [-0.3, -0.25) is 4.79 Å². The number of benzene rings is 1. The van der Waals surface area contributed by atoms with Crippen molar-refractivity contribution in [1.82, 2.24) is 0 Å². The van der Waals surface area contributed by atoms with E-state index in [2.05, 4.69) is 13.0 Å². The molecule has 3 nitrogen and oxygen atoms in total. The van der Waals surface area contributed by atoms with Gasteiger partial charge < -0.3 is 10.5 Å². The topological polar surface area (TPSA) is 52.3 Å². The van der Waals surface area contributed by atoms with Crippen molar-refractivity contribution in [2.24, 2.45) is 11.1 Å². The van der Waals surface area contributed by atoms with E-state index in [1.807, 2.05) is 19.9 Å². The molecule has 0 saturated carbocycles. The van der Waals surface area contributed by atoms with Crippen LogP contribution in [0.3, 0.4) is 0 Å². The highest BCUT2D eigenvalue weighted by atomic mass is 16.5. The van der Waals surface area contributed by atoms with Crippen LogP contribution in [0, 0.1) is 26.2 Å². The number of rotatable bonds is 4. The number of aryl methyl sites for hydroxylation is 2. The zero-order valence-corrected chi connectivity index (χ0v) is 11.3. The standard InChI is InChI=1S/C14H21NO2/c1-9-6-10(2)11(3)12(7-9)17-8-14(4,5)13(15)16/h6-7H,8H2,1-5H3,(H2,15,16). The molecule has 0 aliphatic rings. The molecule has 0 atom stereocenters. The molecule has 0 radical (unpaired) electrons.